The molecule has 2 heterocycles. The Morgan fingerprint density at radius 3 is 3.12 bits per heavy atom. The monoisotopic (exact) mass is 227 g/mol. The van der Waals surface area contributed by atoms with Crippen LogP contribution in [-0.2, 0) is 16.0 Å². The summed E-state index contributed by atoms with van der Waals surface area (Å²) in [6, 6.07) is 8.31. The van der Waals surface area contributed by atoms with Gasteiger partial charge in [-0.15, -0.1) is 0 Å². The van der Waals surface area contributed by atoms with Gasteiger partial charge in [-0.05, 0) is 24.5 Å². The first-order valence-corrected chi connectivity index (χ1v) is 6.12. The highest BCUT2D eigenvalue weighted by molar-refractivity contribution is 5.85. The number of aromatic nitrogens is 1. The molecular weight excluding hydrogens is 214 g/mol. The lowest BCUT2D eigenvalue weighted by molar-refractivity contribution is -0.142. The minimum absolute atomic E-state index is 0.0290. The number of ether oxygens (including phenoxy) is 1. The van der Waals surface area contributed by atoms with Crippen LogP contribution >= 0.6 is 0 Å². The van der Waals surface area contributed by atoms with Gasteiger partial charge in [0.1, 0.15) is 6.10 Å². The zero-order chi connectivity index (χ0) is 11.4. The number of nitrogens with one attached hydrogen (secondary N) is 1. The van der Waals surface area contributed by atoms with Crippen molar-refractivity contribution in [1.29, 1.82) is 0 Å². The van der Waals surface area contributed by atoms with Gasteiger partial charge in [0.25, 0.3) is 0 Å². The lowest BCUT2D eigenvalue weighted by atomic mass is 9.84. The summed E-state index contributed by atoms with van der Waals surface area (Å²) in [6.45, 7) is 0. The van der Waals surface area contributed by atoms with Gasteiger partial charge in [0.15, 0.2) is 0 Å². The maximum absolute atomic E-state index is 11.4. The minimum Gasteiger partial charge on any atom is -0.456 e. The Morgan fingerprint density at radius 2 is 2.18 bits per heavy atom. The number of benzene rings is 1. The van der Waals surface area contributed by atoms with Gasteiger partial charge >= 0.3 is 5.97 Å². The van der Waals surface area contributed by atoms with Crippen molar-refractivity contribution in [3.8, 4) is 0 Å². The lowest BCUT2D eigenvalue weighted by Gasteiger charge is -2.23. The summed E-state index contributed by atoms with van der Waals surface area (Å²) >= 11 is 0. The molecule has 0 bridgehead atoms. The third-order valence-corrected chi connectivity index (χ3v) is 4.01. The topological polar surface area (TPSA) is 42.1 Å². The molecule has 1 aromatic carbocycles. The molecule has 1 aromatic heterocycles. The molecule has 0 unspecified atom stereocenters. The van der Waals surface area contributed by atoms with E-state index in [-0.39, 0.29) is 12.1 Å². The van der Waals surface area contributed by atoms with Gasteiger partial charge in [-0.3, -0.25) is 4.79 Å². The summed E-state index contributed by atoms with van der Waals surface area (Å²) in [7, 11) is 0. The largest absolute Gasteiger partial charge is 0.456 e. The predicted octanol–water partition coefficient (Wildman–Crippen LogP) is 2.72. The van der Waals surface area contributed by atoms with Crippen molar-refractivity contribution in [2.24, 2.45) is 5.92 Å². The molecule has 1 saturated heterocycles. The van der Waals surface area contributed by atoms with Crippen LogP contribution in [-0.4, -0.2) is 11.0 Å². The number of hydrogen-bond acceptors (Lipinski definition) is 2. The summed E-state index contributed by atoms with van der Waals surface area (Å²) in [4.78, 5) is 14.8. The first-order valence-electron chi connectivity index (χ1n) is 6.12. The molecule has 0 radical (unpaired) electrons. The highest BCUT2D eigenvalue weighted by Gasteiger charge is 2.41. The molecule has 1 aliphatic heterocycles. The molecule has 17 heavy (non-hydrogen) atoms. The Balaban J connectivity index is 1.93. The molecule has 2 aromatic rings. The smallest absolute Gasteiger partial charge is 0.306 e. The van der Waals surface area contributed by atoms with E-state index in [2.05, 4.69) is 23.2 Å². The number of carbonyl (C=O) groups is 1. The molecule has 1 aliphatic carbocycles. The van der Waals surface area contributed by atoms with Crippen LogP contribution in [0.15, 0.2) is 24.3 Å². The second-order valence-corrected chi connectivity index (χ2v) is 4.98. The van der Waals surface area contributed by atoms with Gasteiger partial charge in [-0.25, -0.2) is 0 Å². The van der Waals surface area contributed by atoms with E-state index in [1.165, 1.54) is 10.9 Å². The first-order chi connectivity index (χ1) is 8.33. The van der Waals surface area contributed by atoms with E-state index in [1.807, 2.05) is 6.07 Å². The number of esters is 1. The Hall–Kier alpha value is -1.77. The first kappa shape index (κ1) is 9.28. The van der Waals surface area contributed by atoms with Crippen LogP contribution in [0.25, 0.3) is 10.9 Å². The second kappa shape index (κ2) is 3.13. The summed E-state index contributed by atoms with van der Waals surface area (Å²) in [6.07, 6.45) is 2.67. The van der Waals surface area contributed by atoms with Crippen molar-refractivity contribution in [2.45, 2.75) is 25.4 Å². The molecule has 86 valence electrons. The van der Waals surface area contributed by atoms with Gasteiger partial charge in [0.2, 0.25) is 0 Å². The maximum atomic E-state index is 11.4. The number of carbonyl (C=O) groups excluding carboxylic acids is 1. The van der Waals surface area contributed by atoms with E-state index in [4.69, 9.17) is 4.74 Å². The standard InChI is InChI=1S/C14H13NO2/c16-12-7-8-5-6-10-9-3-1-2-4-11(9)15-13(10)14(8)17-12/h1-4,8,14-15H,5-7H2/t8-,14+/m1/s1. The van der Waals surface area contributed by atoms with Crippen LogP contribution in [0.4, 0.5) is 0 Å². The fourth-order valence-electron chi connectivity index (χ4n) is 3.22. The van der Waals surface area contributed by atoms with Gasteiger partial charge in [0.05, 0.1) is 12.1 Å². The highest BCUT2D eigenvalue weighted by Crippen LogP contribution is 2.45. The van der Waals surface area contributed by atoms with Crippen molar-refractivity contribution >= 4 is 16.9 Å². The third-order valence-electron chi connectivity index (χ3n) is 4.01. The number of fused-ring (bicyclic) bond motifs is 5. The van der Waals surface area contributed by atoms with Crippen molar-refractivity contribution in [2.75, 3.05) is 0 Å². The summed E-state index contributed by atoms with van der Waals surface area (Å²) in [5.74, 6) is 0.328. The van der Waals surface area contributed by atoms with E-state index in [9.17, 15) is 4.79 Å². The van der Waals surface area contributed by atoms with Crippen LogP contribution < -0.4 is 0 Å². The fraction of sp³-hybridized carbons (Fsp3) is 0.357. The van der Waals surface area contributed by atoms with Crippen molar-refractivity contribution in [1.82, 2.24) is 4.98 Å². The third kappa shape index (κ3) is 1.19. The normalized spacial score (nSPS) is 26.7. The van der Waals surface area contributed by atoms with Gasteiger partial charge in [-0.2, -0.15) is 0 Å². The van der Waals surface area contributed by atoms with Crippen molar-refractivity contribution in [3.63, 3.8) is 0 Å². The van der Waals surface area contributed by atoms with E-state index in [0.29, 0.717) is 12.3 Å². The minimum atomic E-state index is -0.0495. The molecule has 3 heteroatoms. The quantitative estimate of drug-likeness (QED) is 0.703. The predicted molar refractivity (Wildman–Crippen MR) is 63.6 cm³/mol. The molecule has 0 spiro atoms. The Labute approximate surface area is 98.8 Å². The van der Waals surface area contributed by atoms with E-state index in [1.54, 1.807) is 0 Å². The van der Waals surface area contributed by atoms with Gasteiger partial charge in [0, 0.05) is 16.8 Å². The molecule has 2 atom stereocenters. The zero-order valence-electron chi connectivity index (χ0n) is 9.40. The van der Waals surface area contributed by atoms with Crippen LogP contribution in [0.2, 0.25) is 0 Å². The number of rotatable bonds is 0. The lowest BCUT2D eigenvalue weighted by Crippen LogP contribution is -2.16. The summed E-state index contributed by atoms with van der Waals surface area (Å²) in [5, 5.41) is 1.28. The molecule has 3 nitrogen and oxygen atoms in total. The number of hydrogen-bond donors (Lipinski definition) is 1. The highest BCUT2D eigenvalue weighted by atomic mass is 16.6. The van der Waals surface area contributed by atoms with Crippen LogP contribution in [0.3, 0.4) is 0 Å². The number of H-pyrrole nitrogens is 1. The second-order valence-electron chi connectivity index (χ2n) is 4.98. The number of aryl methyl sites for hydroxylation is 1. The molecule has 2 aliphatic rings. The Bertz CT molecular complexity index is 614. The molecule has 4 rings (SSSR count). The van der Waals surface area contributed by atoms with E-state index in [0.717, 1.165) is 24.1 Å². The SMILES string of the molecule is O=C1C[C@H]2CCc3c([nH]c4ccccc34)[C@H]2O1. The van der Waals surface area contributed by atoms with Gasteiger partial charge in [-0.1, -0.05) is 18.2 Å². The maximum Gasteiger partial charge on any atom is 0.306 e. The van der Waals surface area contributed by atoms with E-state index < -0.39 is 0 Å². The van der Waals surface area contributed by atoms with Crippen LogP contribution in [0.5, 0.6) is 0 Å². The van der Waals surface area contributed by atoms with E-state index >= 15 is 0 Å². The molecular formula is C14H13NO2. The molecule has 0 saturated carbocycles. The average molecular weight is 227 g/mol. The van der Waals surface area contributed by atoms with Crippen molar-refractivity contribution < 1.29 is 9.53 Å². The Morgan fingerprint density at radius 1 is 1.29 bits per heavy atom. The van der Waals surface area contributed by atoms with Gasteiger partial charge < -0.3 is 9.72 Å². The van der Waals surface area contributed by atoms with Crippen LogP contribution in [0.1, 0.15) is 30.2 Å². The number of para-hydroxylation sites is 1. The summed E-state index contributed by atoms with van der Waals surface area (Å²) < 4.78 is 5.45. The number of aromatic amines is 1. The average Bonchev–Trinajstić information content (AvgIpc) is 2.87. The molecule has 1 fully saturated rings. The Kier molecular flexibility index (Phi) is 1.71. The molecule has 1 N–H and O–H groups in total. The summed E-state index contributed by atoms with van der Waals surface area (Å²) in [5.41, 5.74) is 3.63. The fourth-order valence-corrected chi connectivity index (χ4v) is 3.22. The van der Waals surface area contributed by atoms with Crippen LogP contribution in [0, 0.1) is 5.92 Å². The zero-order valence-corrected chi connectivity index (χ0v) is 9.40. The van der Waals surface area contributed by atoms with Crippen molar-refractivity contribution in [3.05, 3.63) is 35.5 Å². The molecule has 0 amide bonds.